The van der Waals surface area contributed by atoms with E-state index in [-0.39, 0.29) is 24.8 Å². The van der Waals surface area contributed by atoms with Crippen LogP contribution in [0.1, 0.15) is 29.2 Å². The summed E-state index contributed by atoms with van der Waals surface area (Å²) in [5.41, 5.74) is 0.748. The van der Waals surface area contributed by atoms with E-state index in [9.17, 15) is 4.79 Å². The Kier molecular flexibility index (Phi) is 4.00. The maximum absolute atomic E-state index is 15.5. The predicted molar refractivity (Wildman–Crippen MR) is 87.6 cm³/mol. The molecule has 1 atom stereocenters. The number of nitrogens with zero attached hydrogens (tertiary/aromatic N) is 5. The zero-order valence-corrected chi connectivity index (χ0v) is 13.9. The van der Waals surface area contributed by atoms with Gasteiger partial charge in [-0.1, -0.05) is 5.16 Å². The smallest absolute Gasteiger partial charge is 0.273 e. The van der Waals surface area contributed by atoms with Crippen LogP contribution in [-0.4, -0.2) is 44.0 Å². The average Bonchev–Trinajstić information content (AvgIpc) is 3.34. The van der Waals surface area contributed by atoms with Crippen LogP contribution in [0.15, 0.2) is 39.9 Å². The van der Waals surface area contributed by atoms with E-state index in [1.807, 2.05) is 0 Å². The summed E-state index contributed by atoms with van der Waals surface area (Å²) >= 11 is 1.33. The molecule has 0 saturated carbocycles. The molecule has 4 heterocycles. The molecule has 0 bridgehead atoms. The monoisotopic (exact) mass is 359 g/mol. The van der Waals surface area contributed by atoms with Gasteiger partial charge in [0.2, 0.25) is 11.5 Å². The van der Waals surface area contributed by atoms with Crippen LogP contribution in [-0.2, 0) is 5.67 Å². The molecule has 0 spiro atoms. The van der Waals surface area contributed by atoms with E-state index in [4.69, 9.17) is 4.52 Å². The molecule has 9 heteroatoms. The van der Waals surface area contributed by atoms with E-state index >= 15 is 4.39 Å². The van der Waals surface area contributed by atoms with Crippen LogP contribution in [0.3, 0.4) is 0 Å². The molecule has 0 aromatic carbocycles. The van der Waals surface area contributed by atoms with E-state index in [1.54, 1.807) is 35.4 Å². The van der Waals surface area contributed by atoms with Gasteiger partial charge in [0.15, 0.2) is 0 Å². The molecule has 0 aliphatic carbocycles. The second-order valence-electron chi connectivity index (χ2n) is 5.83. The molecule has 128 valence electrons. The van der Waals surface area contributed by atoms with Crippen LogP contribution in [0.5, 0.6) is 0 Å². The minimum atomic E-state index is -1.86. The van der Waals surface area contributed by atoms with Gasteiger partial charge in [0, 0.05) is 29.9 Å². The Morgan fingerprint density at radius 3 is 2.96 bits per heavy atom. The first-order valence-electron chi connectivity index (χ1n) is 7.77. The SMILES string of the molecule is O=C(c1cscn1)N1CCCC(F)(c2nc(-c3ccncc3)no2)C1. The summed E-state index contributed by atoms with van der Waals surface area (Å²) < 4.78 is 20.6. The molecular weight excluding hydrogens is 345 g/mol. The highest BCUT2D eigenvalue weighted by Crippen LogP contribution is 2.36. The summed E-state index contributed by atoms with van der Waals surface area (Å²) in [6.07, 6.45) is 3.95. The van der Waals surface area contributed by atoms with Crippen molar-refractivity contribution in [3.63, 3.8) is 0 Å². The Labute approximate surface area is 146 Å². The van der Waals surface area contributed by atoms with Gasteiger partial charge in [0.1, 0.15) is 5.69 Å². The minimum absolute atomic E-state index is 0.102. The van der Waals surface area contributed by atoms with Crippen LogP contribution < -0.4 is 0 Å². The number of carbonyl (C=O) groups is 1. The largest absolute Gasteiger partial charge is 0.335 e. The third kappa shape index (κ3) is 3.02. The molecule has 25 heavy (non-hydrogen) atoms. The second kappa shape index (κ2) is 6.32. The third-order valence-corrected chi connectivity index (χ3v) is 4.72. The van der Waals surface area contributed by atoms with Crippen molar-refractivity contribution in [2.45, 2.75) is 18.5 Å². The fourth-order valence-corrected chi connectivity index (χ4v) is 3.39. The first kappa shape index (κ1) is 15.8. The summed E-state index contributed by atoms with van der Waals surface area (Å²) in [7, 11) is 0. The zero-order valence-electron chi connectivity index (χ0n) is 13.1. The molecule has 1 fully saturated rings. The number of halogens is 1. The van der Waals surface area contributed by atoms with Crippen LogP contribution in [0.25, 0.3) is 11.4 Å². The van der Waals surface area contributed by atoms with Gasteiger partial charge in [-0.3, -0.25) is 9.78 Å². The number of pyridine rings is 1. The fourth-order valence-electron chi connectivity index (χ4n) is 2.86. The summed E-state index contributed by atoms with van der Waals surface area (Å²) in [6.45, 7) is 0.356. The van der Waals surface area contributed by atoms with E-state index in [1.165, 1.54) is 16.2 Å². The number of amides is 1. The van der Waals surface area contributed by atoms with Gasteiger partial charge in [0.05, 0.1) is 12.1 Å². The third-order valence-electron chi connectivity index (χ3n) is 4.13. The maximum atomic E-state index is 15.5. The van der Waals surface area contributed by atoms with E-state index in [0.717, 1.165) is 0 Å². The number of aromatic nitrogens is 4. The molecule has 1 aliphatic heterocycles. The van der Waals surface area contributed by atoms with Crippen molar-refractivity contribution in [2.24, 2.45) is 0 Å². The highest BCUT2D eigenvalue weighted by atomic mass is 32.1. The number of thiazole rings is 1. The highest BCUT2D eigenvalue weighted by Gasteiger charge is 2.44. The Morgan fingerprint density at radius 2 is 2.20 bits per heavy atom. The molecule has 1 amide bonds. The first-order chi connectivity index (χ1) is 12.2. The van der Waals surface area contributed by atoms with Crippen LogP contribution in [0.4, 0.5) is 4.39 Å². The van der Waals surface area contributed by atoms with Crippen molar-refractivity contribution in [2.75, 3.05) is 13.1 Å². The number of rotatable bonds is 3. The minimum Gasteiger partial charge on any atom is -0.335 e. The lowest BCUT2D eigenvalue weighted by molar-refractivity contribution is 0.0150. The van der Waals surface area contributed by atoms with Crippen molar-refractivity contribution in [3.05, 3.63) is 47.0 Å². The second-order valence-corrected chi connectivity index (χ2v) is 6.55. The van der Waals surface area contributed by atoms with Crippen molar-refractivity contribution in [1.82, 2.24) is 25.0 Å². The molecule has 0 radical (unpaired) electrons. The van der Waals surface area contributed by atoms with E-state index in [2.05, 4.69) is 20.1 Å². The lowest BCUT2D eigenvalue weighted by atomic mass is 9.94. The topological polar surface area (TPSA) is 85.0 Å². The molecule has 1 aliphatic rings. The summed E-state index contributed by atoms with van der Waals surface area (Å²) in [5.74, 6) is -0.0793. The molecule has 3 aromatic heterocycles. The van der Waals surface area contributed by atoms with Gasteiger partial charge in [-0.15, -0.1) is 11.3 Å². The standard InChI is InChI=1S/C16H14FN5O2S/c17-16(15-20-13(21-24-15)11-2-5-18-6-3-11)4-1-7-22(9-16)14(23)12-8-25-10-19-12/h2-3,5-6,8,10H,1,4,7,9H2. The Morgan fingerprint density at radius 1 is 1.36 bits per heavy atom. The number of likely N-dealkylation sites (tertiary alicyclic amines) is 1. The summed E-state index contributed by atoms with van der Waals surface area (Å²) in [4.78, 5) is 26.0. The molecule has 0 N–H and O–H groups in total. The van der Waals surface area contributed by atoms with Gasteiger partial charge >= 0.3 is 0 Å². The average molecular weight is 359 g/mol. The van der Waals surface area contributed by atoms with Gasteiger partial charge in [-0.2, -0.15) is 4.98 Å². The quantitative estimate of drug-likeness (QED) is 0.715. The van der Waals surface area contributed by atoms with Crippen molar-refractivity contribution < 1.29 is 13.7 Å². The van der Waals surface area contributed by atoms with E-state index in [0.29, 0.717) is 30.0 Å². The lowest BCUT2D eigenvalue weighted by Gasteiger charge is -2.34. The van der Waals surface area contributed by atoms with Crippen molar-refractivity contribution in [1.29, 1.82) is 0 Å². The Balaban J connectivity index is 1.57. The Hall–Kier alpha value is -2.68. The number of hydrogen-bond donors (Lipinski definition) is 0. The van der Waals surface area contributed by atoms with Gasteiger partial charge < -0.3 is 9.42 Å². The predicted octanol–water partition coefficient (Wildman–Crippen LogP) is 2.69. The number of hydrogen-bond acceptors (Lipinski definition) is 7. The fraction of sp³-hybridized carbons (Fsp3) is 0.312. The number of alkyl halides is 1. The Bertz CT molecular complexity index is 870. The summed E-state index contributed by atoms with van der Waals surface area (Å²) in [6, 6.07) is 3.44. The van der Waals surface area contributed by atoms with Crippen molar-refractivity contribution >= 4 is 17.2 Å². The first-order valence-corrected chi connectivity index (χ1v) is 8.71. The van der Waals surface area contributed by atoms with Crippen LogP contribution in [0, 0.1) is 0 Å². The maximum Gasteiger partial charge on any atom is 0.273 e. The molecule has 7 nitrogen and oxygen atoms in total. The molecular formula is C16H14FN5O2S. The molecule has 4 rings (SSSR count). The van der Waals surface area contributed by atoms with Gasteiger partial charge in [-0.25, -0.2) is 9.37 Å². The lowest BCUT2D eigenvalue weighted by Crippen LogP contribution is -2.46. The number of carbonyl (C=O) groups excluding carboxylic acids is 1. The van der Waals surface area contributed by atoms with Gasteiger partial charge in [-0.05, 0) is 25.0 Å². The van der Waals surface area contributed by atoms with Crippen molar-refractivity contribution in [3.8, 4) is 11.4 Å². The van der Waals surface area contributed by atoms with Gasteiger partial charge in [0.25, 0.3) is 11.8 Å². The zero-order chi connectivity index (χ0) is 17.3. The highest BCUT2D eigenvalue weighted by molar-refractivity contribution is 7.07. The summed E-state index contributed by atoms with van der Waals surface area (Å²) in [5, 5.41) is 5.52. The number of piperidine rings is 1. The molecule has 1 saturated heterocycles. The van der Waals surface area contributed by atoms with E-state index < -0.39 is 5.67 Å². The molecule has 3 aromatic rings. The normalized spacial score (nSPS) is 20.6. The molecule has 1 unspecified atom stereocenters. The van der Waals surface area contributed by atoms with Crippen LogP contribution in [0.2, 0.25) is 0 Å². The van der Waals surface area contributed by atoms with Crippen LogP contribution >= 0.6 is 11.3 Å².